The monoisotopic (exact) mass is 233 g/mol. The van der Waals surface area contributed by atoms with E-state index < -0.39 is 0 Å². The maximum absolute atomic E-state index is 5.31. The van der Waals surface area contributed by atoms with Gasteiger partial charge in [0, 0.05) is 27.3 Å². The number of nitrogens with zero attached hydrogens (tertiary/aromatic N) is 1. The van der Waals surface area contributed by atoms with E-state index in [1.807, 2.05) is 0 Å². The zero-order valence-corrected chi connectivity index (χ0v) is 11.3. The first-order valence-corrected chi connectivity index (χ1v) is 7.54. The summed E-state index contributed by atoms with van der Waals surface area (Å²) in [6.45, 7) is 5.20. The summed E-state index contributed by atoms with van der Waals surface area (Å²) >= 11 is 0. The van der Waals surface area contributed by atoms with Crippen molar-refractivity contribution in [3.8, 4) is 0 Å². The highest BCUT2D eigenvalue weighted by molar-refractivity contribution is 6.36. The second-order valence-corrected chi connectivity index (χ2v) is 5.80. The average Bonchev–Trinajstić information content (AvgIpc) is 2.31. The molecule has 1 rings (SSSR count). The van der Waals surface area contributed by atoms with Crippen molar-refractivity contribution in [3.63, 3.8) is 0 Å². The van der Waals surface area contributed by atoms with E-state index >= 15 is 0 Å². The molecule has 90 valence electrons. The van der Waals surface area contributed by atoms with E-state index in [1.165, 1.54) is 19.0 Å². The lowest BCUT2D eigenvalue weighted by molar-refractivity contribution is -0.0442. The van der Waals surface area contributed by atoms with E-state index in [9.17, 15) is 0 Å². The van der Waals surface area contributed by atoms with Gasteiger partial charge in [-0.05, 0) is 13.0 Å². The number of hydrogen-bond donors (Lipinski definition) is 0. The maximum atomic E-state index is 5.31. The van der Waals surface area contributed by atoms with Gasteiger partial charge in [0.2, 0.25) is 0 Å². The van der Waals surface area contributed by atoms with Gasteiger partial charge < -0.3 is 14.2 Å². The highest BCUT2D eigenvalue weighted by Crippen LogP contribution is 2.01. The summed E-state index contributed by atoms with van der Waals surface area (Å²) < 4.78 is 15.7. The molecule has 0 saturated carbocycles. The molecule has 0 spiro atoms. The van der Waals surface area contributed by atoms with Gasteiger partial charge in [-0.2, -0.15) is 0 Å². The van der Waals surface area contributed by atoms with Crippen molar-refractivity contribution < 1.29 is 14.2 Å². The first kappa shape index (κ1) is 13.1. The van der Waals surface area contributed by atoms with E-state index in [2.05, 4.69) is 4.90 Å². The minimum atomic E-state index is -0.224. The van der Waals surface area contributed by atoms with Crippen LogP contribution in [0.5, 0.6) is 0 Å². The molecule has 0 N–H and O–H groups in total. The molecular weight excluding hydrogens is 210 g/mol. The van der Waals surface area contributed by atoms with Crippen molar-refractivity contribution in [3.05, 3.63) is 0 Å². The molecule has 0 aromatic rings. The van der Waals surface area contributed by atoms with Crippen LogP contribution in [0.3, 0.4) is 0 Å². The van der Waals surface area contributed by atoms with Crippen molar-refractivity contribution in [2.24, 2.45) is 0 Å². The molecular formula is C10H23NO3Si. The number of hydrogen-bond acceptors (Lipinski definition) is 4. The van der Waals surface area contributed by atoms with E-state index in [4.69, 9.17) is 14.2 Å². The highest BCUT2D eigenvalue weighted by Gasteiger charge is 2.10. The largest absolute Gasteiger partial charge is 0.379 e. The van der Waals surface area contributed by atoms with Crippen LogP contribution in [0.15, 0.2) is 0 Å². The van der Waals surface area contributed by atoms with Crippen LogP contribution >= 0.6 is 0 Å². The van der Waals surface area contributed by atoms with Crippen LogP contribution < -0.4 is 0 Å². The Morgan fingerprint density at radius 3 is 2.53 bits per heavy atom. The van der Waals surface area contributed by atoms with Gasteiger partial charge in [-0.15, -0.1) is 0 Å². The third-order valence-electron chi connectivity index (χ3n) is 2.79. The minimum Gasteiger partial charge on any atom is -0.379 e. The third-order valence-corrected chi connectivity index (χ3v) is 4.84. The zero-order valence-electron chi connectivity index (χ0n) is 9.91. The van der Waals surface area contributed by atoms with Gasteiger partial charge >= 0.3 is 0 Å². The molecule has 0 unspecified atom stereocenters. The van der Waals surface area contributed by atoms with Gasteiger partial charge in [-0.1, -0.05) is 6.04 Å². The summed E-state index contributed by atoms with van der Waals surface area (Å²) in [4.78, 5) is 2.48. The fourth-order valence-corrected chi connectivity index (χ4v) is 3.12. The molecule has 0 radical (unpaired) electrons. The Bertz CT molecular complexity index is 150. The Balaban J connectivity index is 1.95. The molecule has 1 heterocycles. The third kappa shape index (κ3) is 5.63. The molecule has 0 aliphatic carbocycles. The van der Waals surface area contributed by atoms with E-state index in [0.717, 1.165) is 26.3 Å². The summed E-state index contributed by atoms with van der Waals surface area (Å²) in [6.07, 6.45) is 1.27. The number of rotatable bonds is 7. The Morgan fingerprint density at radius 1 is 1.27 bits per heavy atom. The van der Waals surface area contributed by atoms with E-state index in [-0.39, 0.29) is 15.4 Å². The van der Waals surface area contributed by atoms with Crippen molar-refractivity contribution in [1.29, 1.82) is 0 Å². The van der Waals surface area contributed by atoms with Gasteiger partial charge in [0.1, 0.15) is 5.91 Å². The number of methoxy groups -OCH3 is 2. The molecule has 5 heteroatoms. The van der Waals surface area contributed by atoms with Crippen molar-refractivity contribution in [1.82, 2.24) is 4.90 Å². The summed E-state index contributed by atoms with van der Waals surface area (Å²) in [5, 5.41) is 0. The quantitative estimate of drug-likeness (QED) is 0.348. The predicted molar refractivity (Wildman–Crippen MR) is 63.0 cm³/mol. The van der Waals surface area contributed by atoms with Gasteiger partial charge in [0.05, 0.1) is 22.7 Å². The first-order valence-electron chi connectivity index (χ1n) is 5.72. The zero-order chi connectivity index (χ0) is 10.9. The smallest absolute Gasteiger partial charge is 0.134 e. The lowest BCUT2D eigenvalue weighted by atomic mass is 10.3. The van der Waals surface area contributed by atoms with Crippen LogP contribution in [-0.2, 0) is 14.2 Å². The molecule has 15 heavy (non-hydrogen) atoms. The molecule has 0 atom stereocenters. The summed E-state index contributed by atoms with van der Waals surface area (Å²) in [5.74, 6) is 0.106. The predicted octanol–water partition coefficient (Wildman–Crippen LogP) is -0.128. The minimum absolute atomic E-state index is 0.106. The van der Waals surface area contributed by atoms with Crippen LogP contribution in [0.2, 0.25) is 6.04 Å². The Hall–Kier alpha value is 0.0569. The lowest BCUT2D eigenvalue weighted by Crippen LogP contribution is -2.37. The second kappa shape index (κ2) is 8.24. The molecule has 4 nitrogen and oxygen atoms in total. The molecule has 0 amide bonds. The normalized spacial score (nSPS) is 19.4. The standard InChI is InChI=1S/C10H23NO3Si/c1-12-10(13-2)15-9-3-4-11-5-7-14-8-6-11/h10H,3-9,15H2,1-2H3. The van der Waals surface area contributed by atoms with Gasteiger partial charge in [0.15, 0.2) is 0 Å². The maximum Gasteiger partial charge on any atom is 0.134 e. The lowest BCUT2D eigenvalue weighted by Gasteiger charge is -2.26. The number of ether oxygens (including phenoxy) is 3. The van der Waals surface area contributed by atoms with E-state index in [1.54, 1.807) is 14.2 Å². The summed E-state index contributed by atoms with van der Waals surface area (Å²) in [6, 6.07) is 1.30. The van der Waals surface area contributed by atoms with Gasteiger partial charge in [-0.3, -0.25) is 4.90 Å². The molecule has 0 aromatic carbocycles. The van der Waals surface area contributed by atoms with E-state index in [0.29, 0.717) is 0 Å². The average molecular weight is 233 g/mol. The van der Waals surface area contributed by atoms with Crippen LogP contribution in [0.1, 0.15) is 6.42 Å². The first-order chi connectivity index (χ1) is 7.36. The molecule has 0 bridgehead atoms. The molecule has 1 saturated heterocycles. The molecule has 1 aliphatic rings. The summed E-state index contributed by atoms with van der Waals surface area (Å²) in [5.41, 5.74) is 0. The Kier molecular flexibility index (Phi) is 7.21. The Morgan fingerprint density at radius 2 is 1.93 bits per heavy atom. The topological polar surface area (TPSA) is 30.9 Å². The van der Waals surface area contributed by atoms with Crippen molar-refractivity contribution >= 4 is 9.52 Å². The Labute approximate surface area is 94.7 Å². The molecule has 0 aromatic heterocycles. The van der Waals surface area contributed by atoms with Gasteiger partial charge in [-0.25, -0.2) is 0 Å². The van der Waals surface area contributed by atoms with Gasteiger partial charge in [0.25, 0.3) is 0 Å². The second-order valence-electron chi connectivity index (χ2n) is 3.85. The molecule has 1 aliphatic heterocycles. The molecule has 1 fully saturated rings. The van der Waals surface area contributed by atoms with Crippen molar-refractivity contribution in [2.45, 2.75) is 18.4 Å². The number of morpholine rings is 1. The van der Waals surface area contributed by atoms with Crippen LogP contribution in [0.25, 0.3) is 0 Å². The van der Waals surface area contributed by atoms with Crippen molar-refractivity contribution in [2.75, 3.05) is 47.1 Å². The SMILES string of the molecule is COC(OC)[SiH2]CCCN1CCOCC1. The fourth-order valence-electron chi connectivity index (χ4n) is 1.80. The summed E-state index contributed by atoms with van der Waals surface area (Å²) in [7, 11) is 3.23. The van der Waals surface area contributed by atoms with Crippen LogP contribution in [-0.4, -0.2) is 67.4 Å². The van der Waals surface area contributed by atoms with Crippen LogP contribution in [0.4, 0.5) is 0 Å². The highest BCUT2D eigenvalue weighted by atomic mass is 28.2. The fraction of sp³-hybridized carbons (Fsp3) is 1.00. The van der Waals surface area contributed by atoms with Crippen LogP contribution in [0, 0.1) is 0 Å².